The smallest absolute Gasteiger partial charge is 0.256 e. The Bertz CT molecular complexity index is 1270. The van der Waals surface area contributed by atoms with Crippen molar-refractivity contribution < 1.29 is 18.7 Å². The van der Waals surface area contributed by atoms with Gasteiger partial charge in [0.2, 0.25) is 0 Å². The Morgan fingerprint density at radius 3 is 2.50 bits per heavy atom. The number of amides is 1. The van der Waals surface area contributed by atoms with Crippen LogP contribution in [-0.2, 0) is 6.42 Å². The van der Waals surface area contributed by atoms with Crippen molar-refractivity contribution >= 4 is 34.8 Å². The van der Waals surface area contributed by atoms with E-state index in [1.54, 1.807) is 48.5 Å². The Morgan fingerprint density at radius 2 is 1.85 bits per heavy atom. The minimum Gasteiger partial charge on any atom is -0.497 e. The number of anilines is 1. The molecule has 1 aliphatic rings. The zero-order valence-electron chi connectivity index (χ0n) is 18.8. The number of benzene rings is 3. The lowest BCUT2D eigenvalue weighted by Gasteiger charge is -2.15. The Kier molecular flexibility index (Phi) is 6.93. The van der Waals surface area contributed by atoms with Crippen molar-refractivity contribution in [2.24, 2.45) is 4.99 Å². The molecule has 0 unspecified atom stereocenters. The second-order valence-corrected chi connectivity index (χ2v) is 8.34. The van der Waals surface area contributed by atoms with Gasteiger partial charge in [0.05, 0.1) is 19.2 Å². The number of carbonyl (C=O) groups excluding carboxylic acids is 2. The number of nitrogens with zero attached hydrogens (tertiary/aromatic N) is 2. The first-order valence-electron chi connectivity index (χ1n) is 10.7. The molecule has 34 heavy (non-hydrogen) atoms. The van der Waals surface area contributed by atoms with E-state index in [1.807, 2.05) is 11.9 Å². The van der Waals surface area contributed by atoms with Gasteiger partial charge in [0.1, 0.15) is 17.4 Å². The number of ketones is 1. The normalized spacial score (nSPS) is 12.9. The number of amidine groups is 1. The number of rotatable bonds is 7. The third-order valence-electron chi connectivity index (χ3n) is 5.60. The summed E-state index contributed by atoms with van der Waals surface area (Å²) in [4.78, 5) is 32.3. The molecular weight excluding hydrogens is 457 g/mol. The van der Waals surface area contributed by atoms with E-state index in [4.69, 9.17) is 16.3 Å². The summed E-state index contributed by atoms with van der Waals surface area (Å²) < 4.78 is 20.1. The minimum atomic E-state index is -0.619. The fourth-order valence-corrected chi connectivity index (χ4v) is 3.90. The monoisotopic (exact) mass is 479 g/mol. The van der Waals surface area contributed by atoms with Crippen LogP contribution in [0.3, 0.4) is 0 Å². The quantitative estimate of drug-likeness (QED) is 0.491. The molecule has 4 rings (SSSR count). The highest BCUT2D eigenvalue weighted by molar-refractivity contribution is 6.30. The lowest BCUT2D eigenvalue weighted by molar-refractivity contribution is 0.0988. The van der Waals surface area contributed by atoms with E-state index in [0.717, 1.165) is 6.54 Å². The summed E-state index contributed by atoms with van der Waals surface area (Å²) >= 11 is 5.91. The molecule has 0 radical (unpaired) electrons. The first-order chi connectivity index (χ1) is 16.4. The first-order valence-corrected chi connectivity index (χ1v) is 11.1. The van der Waals surface area contributed by atoms with Gasteiger partial charge in [-0.05, 0) is 54.1 Å². The van der Waals surface area contributed by atoms with Crippen LogP contribution >= 0.6 is 11.6 Å². The van der Waals surface area contributed by atoms with Gasteiger partial charge < -0.3 is 15.0 Å². The third-order valence-corrected chi connectivity index (χ3v) is 5.85. The molecule has 3 aromatic rings. The number of hydrogen-bond acceptors (Lipinski definition) is 5. The number of methoxy groups -OCH3 is 1. The SMILES string of the molecule is COc1ccc(CC(=O)c2ccc(C3=NCCN3C)cc2F)c(C(=O)Nc2ccc(Cl)cc2)c1. The number of Topliss-reactive ketones (excluding diaryl/α,β-unsaturated/α-hetero) is 1. The summed E-state index contributed by atoms with van der Waals surface area (Å²) in [5.41, 5.74) is 1.87. The second-order valence-electron chi connectivity index (χ2n) is 7.91. The van der Waals surface area contributed by atoms with Crippen LogP contribution in [0.1, 0.15) is 31.8 Å². The highest BCUT2D eigenvalue weighted by Crippen LogP contribution is 2.23. The maximum atomic E-state index is 14.9. The molecule has 0 bridgehead atoms. The summed E-state index contributed by atoms with van der Waals surface area (Å²) in [6, 6.07) is 16.0. The van der Waals surface area contributed by atoms with Crippen LogP contribution < -0.4 is 10.1 Å². The van der Waals surface area contributed by atoms with Gasteiger partial charge in [0, 0.05) is 41.9 Å². The van der Waals surface area contributed by atoms with Gasteiger partial charge >= 0.3 is 0 Å². The maximum Gasteiger partial charge on any atom is 0.256 e. The summed E-state index contributed by atoms with van der Waals surface area (Å²) in [6.07, 6.45) is -0.148. The fourth-order valence-electron chi connectivity index (χ4n) is 3.77. The Morgan fingerprint density at radius 1 is 1.09 bits per heavy atom. The lowest BCUT2D eigenvalue weighted by Crippen LogP contribution is -2.23. The Labute approximate surface area is 202 Å². The molecule has 0 saturated heterocycles. The molecule has 1 N–H and O–H groups in total. The molecule has 1 aliphatic heterocycles. The molecule has 0 aromatic heterocycles. The number of carbonyl (C=O) groups is 2. The number of hydrogen-bond donors (Lipinski definition) is 1. The summed E-state index contributed by atoms with van der Waals surface area (Å²) in [7, 11) is 3.38. The maximum absolute atomic E-state index is 14.9. The highest BCUT2D eigenvalue weighted by Gasteiger charge is 2.21. The molecule has 1 heterocycles. The van der Waals surface area contributed by atoms with Gasteiger partial charge in [-0.1, -0.05) is 23.7 Å². The minimum absolute atomic E-state index is 0.0372. The molecule has 3 aromatic carbocycles. The van der Waals surface area contributed by atoms with Gasteiger partial charge in [-0.3, -0.25) is 14.6 Å². The van der Waals surface area contributed by atoms with E-state index in [1.165, 1.54) is 19.2 Å². The van der Waals surface area contributed by atoms with Crippen LogP contribution in [0.15, 0.2) is 65.7 Å². The summed E-state index contributed by atoms with van der Waals surface area (Å²) in [6.45, 7) is 1.43. The van der Waals surface area contributed by atoms with E-state index in [2.05, 4.69) is 10.3 Å². The third kappa shape index (κ3) is 5.10. The fraction of sp³-hybridized carbons (Fsp3) is 0.192. The molecule has 8 heteroatoms. The van der Waals surface area contributed by atoms with Gasteiger partial charge in [-0.15, -0.1) is 0 Å². The average molecular weight is 480 g/mol. The van der Waals surface area contributed by atoms with Crippen molar-refractivity contribution in [2.45, 2.75) is 6.42 Å². The van der Waals surface area contributed by atoms with Crippen LogP contribution in [0.25, 0.3) is 0 Å². The van der Waals surface area contributed by atoms with Crippen molar-refractivity contribution in [1.29, 1.82) is 0 Å². The molecule has 1 amide bonds. The number of halogens is 2. The molecule has 0 atom stereocenters. The Balaban J connectivity index is 1.58. The van der Waals surface area contributed by atoms with Gasteiger partial charge in [0.15, 0.2) is 5.78 Å². The van der Waals surface area contributed by atoms with Crippen LogP contribution in [0.2, 0.25) is 5.02 Å². The largest absolute Gasteiger partial charge is 0.497 e. The average Bonchev–Trinajstić information content (AvgIpc) is 3.26. The molecule has 174 valence electrons. The lowest BCUT2D eigenvalue weighted by atomic mass is 9.97. The summed E-state index contributed by atoms with van der Waals surface area (Å²) in [5, 5.41) is 3.33. The van der Waals surface area contributed by atoms with Crippen LogP contribution in [0, 0.1) is 5.82 Å². The van der Waals surface area contributed by atoms with Crippen LogP contribution in [0.4, 0.5) is 10.1 Å². The van der Waals surface area contributed by atoms with Crippen molar-refractivity contribution in [3.8, 4) is 5.75 Å². The zero-order chi connectivity index (χ0) is 24.2. The van der Waals surface area contributed by atoms with Gasteiger partial charge in [0.25, 0.3) is 5.91 Å². The van der Waals surface area contributed by atoms with Crippen molar-refractivity contribution in [3.05, 3.63) is 93.8 Å². The Hall–Kier alpha value is -3.71. The highest BCUT2D eigenvalue weighted by atomic mass is 35.5. The number of aliphatic imine (C=N–C) groups is 1. The van der Waals surface area contributed by atoms with E-state index in [0.29, 0.717) is 40.0 Å². The van der Waals surface area contributed by atoms with E-state index >= 15 is 0 Å². The molecule has 0 fully saturated rings. The summed E-state index contributed by atoms with van der Waals surface area (Å²) in [5.74, 6) is -0.298. The van der Waals surface area contributed by atoms with E-state index in [9.17, 15) is 14.0 Å². The zero-order valence-corrected chi connectivity index (χ0v) is 19.5. The topological polar surface area (TPSA) is 71.0 Å². The predicted molar refractivity (Wildman–Crippen MR) is 131 cm³/mol. The molecule has 0 spiro atoms. The predicted octanol–water partition coefficient (Wildman–Crippen LogP) is 4.86. The van der Waals surface area contributed by atoms with Crippen molar-refractivity contribution in [3.63, 3.8) is 0 Å². The van der Waals surface area contributed by atoms with Crippen molar-refractivity contribution in [2.75, 3.05) is 32.6 Å². The van der Waals surface area contributed by atoms with Gasteiger partial charge in [-0.25, -0.2) is 4.39 Å². The molecule has 0 saturated carbocycles. The molecule has 0 aliphatic carbocycles. The first kappa shape index (κ1) is 23.4. The number of nitrogens with one attached hydrogen (secondary N) is 1. The second kappa shape index (κ2) is 10.1. The van der Waals surface area contributed by atoms with Crippen LogP contribution in [0.5, 0.6) is 5.75 Å². The van der Waals surface area contributed by atoms with Gasteiger partial charge in [-0.2, -0.15) is 0 Å². The van der Waals surface area contributed by atoms with Crippen LogP contribution in [-0.4, -0.2) is 49.7 Å². The standard InChI is InChI=1S/C26H23ClFN3O3/c1-31-12-11-29-25(31)17-4-10-21(23(28)13-17)24(32)14-16-3-9-20(34-2)15-22(16)26(33)30-19-7-5-18(27)6-8-19/h3-10,13,15H,11-12,14H2,1-2H3,(H,30,33). The number of ether oxygens (including phenoxy) is 1. The molecular formula is C26H23ClFN3O3. The van der Waals surface area contributed by atoms with E-state index in [-0.39, 0.29) is 17.5 Å². The number of likely N-dealkylation sites (N-methyl/N-ethyl adjacent to an activating group) is 1. The van der Waals surface area contributed by atoms with Crippen molar-refractivity contribution in [1.82, 2.24) is 4.90 Å². The van der Waals surface area contributed by atoms with E-state index < -0.39 is 17.5 Å². The molecule has 6 nitrogen and oxygen atoms in total.